The summed E-state index contributed by atoms with van der Waals surface area (Å²) in [7, 11) is 2.21. The summed E-state index contributed by atoms with van der Waals surface area (Å²) in [5.41, 5.74) is 0. The number of likely N-dealkylation sites (N-methyl/N-ethyl adjacent to an activating group) is 1. The number of morpholine rings is 1. The minimum Gasteiger partial charge on any atom is -0.375 e. The van der Waals surface area contributed by atoms with Gasteiger partial charge in [-0.3, -0.25) is 4.90 Å². The zero-order chi connectivity index (χ0) is 13.2. The van der Waals surface area contributed by atoms with Gasteiger partial charge in [0.15, 0.2) is 0 Å². The average Bonchev–Trinajstić information content (AvgIpc) is 2.85. The number of nitrogens with zero attached hydrogens (tertiary/aromatic N) is 1. The fourth-order valence-corrected chi connectivity index (χ4v) is 2.97. The molecule has 2 atom stereocenters. The molecule has 0 amide bonds. The van der Waals surface area contributed by atoms with Gasteiger partial charge < -0.3 is 4.74 Å². The van der Waals surface area contributed by atoms with E-state index in [-0.39, 0.29) is 0 Å². The van der Waals surface area contributed by atoms with Gasteiger partial charge in [0.25, 0.3) is 0 Å². The van der Waals surface area contributed by atoms with Crippen molar-refractivity contribution in [3.05, 3.63) is 0 Å². The minimum atomic E-state index is 0.568. The first-order valence-electron chi connectivity index (χ1n) is 8.11. The summed E-state index contributed by atoms with van der Waals surface area (Å²) in [6.07, 6.45) is 13.1. The molecule has 1 aliphatic heterocycles. The van der Waals surface area contributed by atoms with Gasteiger partial charge in [-0.15, -0.1) is 0 Å². The Balaban J connectivity index is 0.000000187. The van der Waals surface area contributed by atoms with Crippen molar-refractivity contribution < 1.29 is 4.74 Å². The zero-order valence-electron chi connectivity index (χ0n) is 12.8. The van der Waals surface area contributed by atoms with Crippen LogP contribution in [0.1, 0.15) is 71.6 Å². The zero-order valence-corrected chi connectivity index (χ0v) is 12.8. The Morgan fingerprint density at radius 3 is 2.22 bits per heavy atom. The summed E-state index contributed by atoms with van der Waals surface area (Å²) in [6.45, 7) is 6.58. The number of ether oxygens (including phenoxy) is 1. The summed E-state index contributed by atoms with van der Waals surface area (Å²) in [5.74, 6) is 0. The number of unbranched alkanes of at least 4 members (excludes halogenated alkanes) is 5. The van der Waals surface area contributed by atoms with Crippen LogP contribution < -0.4 is 0 Å². The SMILES string of the molecule is CCCCCCCC.CN1CCOC2CCCC21. The second kappa shape index (κ2) is 9.80. The summed E-state index contributed by atoms with van der Waals surface area (Å²) in [6, 6.07) is 0.744. The molecule has 2 aliphatic rings. The molecule has 108 valence electrons. The van der Waals surface area contributed by atoms with Crippen LogP contribution in [0.25, 0.3) is 0 Å². The van der Waals surface area contributed by atoms with Crippen LogP contribution in [0.3, 0.4) is 0 Å². The van der Waals surface area contributed by atoms with Gasteiger partial charge in [0, 0.05) is 12.6 Å². The highest BCUT2D eigenvalue weighted by Gasteiger charge is 2.33. The third-order valence-electron chi connectivity index (χ3n) is 4.22. The van der Waals surface area contributed by atoms with Gasteiger partial charge in [0.2, 0.25) is 0 Å². The molecule has 0 aromatic carbocycles. The van der Waals surface area contributed by atoms with E-state index in [9.17, 15) is 0 Å². The van der Waals surface area contributed by atoms with E-state index in [1.54, 1.807) is 0 Å². The highest BCUT2D eigenvalue weighted by Crippen LogP contribution is 2.28. The molecule has 1 aliphatic carbocycles. The molecule has 2 unspecified atom stereocenters. The van der Waals surface area contributed by atoms with Crippen molar-refractivity contribution in [3.63, 3.8) is 0 Å². The van der Waals surface area contributed by atoms with Crippen LogP contribution in [0.5, 0.6) is 0 Å². The third kappa shape index (κ3) is 5.71. The molecule has 1 heterocycles. The van der Waals surface area contributed by atoms with Crippen LogP contribution in [0.15, 0.2) is 0 Å². The lowest BCUT2D eigenvalue weighted by atomic mass is 10.1. The highest BCUT2D eigenvalue weighted by atomic mass is 16.5. The fraction of sp³-hybridized carbons (Fsp3) is 1.00. The number of hydrogen-bond donors (Lipinski definition) is 0. The van der Waals surface area contributed by atoms with E-state index >= 15 is 0 Å². The molecule has 0 aromatic rings. The molecule has 2 rings (SSSR count). The van der Waals surface area contributed by atoms with E-state index in [4.69, 9.17) is 4.74 Å². The third-order valence-corrected chi connectivity index (χ3v) is 4.22. The first-order valence-corrected chi connectivity index (χ1v) is 8.11. The van der Waals surface area contributed by atoms with Gasteiger partial charge in [0.1, 0.15) is 0 Å². The maximum atomic E-state index is 5.63. The molecule has 0 aromatic heterocycles. The van der Waals surface area contributed by atoms with Gasteiger partial charge in [-0.1, -0.05) is 52.4 Å². The van der Waals surface area contributed by atoms with Crippen LogP contribution in [0.4, 0.5) is 0 Å². The standard InChI is InChI=1S/C8H15NO.C8H18/c1-9-5-6-10-8-4-2-3-7(8)9;1-3-5-7-8-6-4-2/h7-8H,2-6H2,1H3;3-8H2,1-2H3. The lowest BCUT2D eigenvalue weighted by Crippen LogP contribution is -2.45. The van der Waals surface area contributed by atoms with E-state index in [1.165, 1.54) is 57.8 Å². The first kappa shape index (κ1) is 16.0. The summed E-state index contributed by atoms with van der Waals surface area (Å²) in [5, 5.41) is 0. The molecule has 18 heavy (non-hydrogen) atoms. The van der Waals surface area contributed by atoms with E-state index in [0.717, 1.165) is 19.2 Å². The van der Waals surface area contributed by atoms with Crippen LogP contribution in [-0.4, -0.2) is 37.2 Å². The second-order valence-corrected chi connectivity index (χ2v) is 5.80. The topological polar surface area (TPSA) is 12.5 Å². The van der Waals surface area contributed by atoms with Gasteiger partial charge >= 0.3 is 0 Å². The molecule has 2 nitrogen and oxygen atoms in total. The van der Waals surface area contributed by atoms with E-state index in [2.05, 4.69) is 25.8 Å². The predicted octanol–water partition coefficient (Wildman–Crippen LogP) is 4.24. The molecular formula is C16H33NO. The summed E-state index contributed by atoms with van der Waals surface area (Å²) in [4.78, 5) is 2.45. The molecule has 2 heteroatoms. The van der Waals surface area contributed by atoms with Crippen molar-refractivity contribution in [1.29, 1.82) is 0 Å². The van der Waals surface area contributed by atoms with Crippen LogP contribution in [-0.2, 0) is 4.74 Å². The molecule has 0 N–H and O–H groups in total. The average molecular weight is 255 g/mol. The number of hydrogen-bond acceptors (Lipinski definition) is 2. The van der Waals surface area contributed by atoms with Gasteiger partial charge in [-0.2, -0.15) is 0 Å². The number of fused-ring (bicyclic) bond motifs is 1. The molecule has 1 saturated heterocycles. The predicted molar refractivity (Wildman–Crippen MR) is 79.1 cm³/mol. The summed E-state index contributed by atoms with van der Waals surface area (Å²) < 4.78 is 5.63. The molecule has 0 bridgehead atoms. The Morgan fingerprint density at radius 1 is 1.00 bits per heavy atom. The van der Waals surface area contributed by atoms with E-state index in [1.807, 2.05) is 0 Å². The Morgan fingerprint density at radius 2 is 1.67 bits per heavy atom. The lowest BCUT2D eigenvalue weighted by Gasteiger charge is -2.34. The largest absolute Gasteiger partial charge is 0.375 e. The van der Waals surface area contributed by atoms with Crippen molar-refractivity contribution in [1.82, 2.24) is 4.90 Å². The van der Waals surface area contributed by atoms with Crippen LogP contribution >= 0.6 is 0 Å². The molecule has 0 spiro atoms. The number of rotatable bonds is 5. The summed E-state index contributed by atoms with van der Waals surface area (Å²) >= 11 is 0. The molecule has 0 radical (unpaired) electrons. The van der Waals surface area contributed by atoms with Crippen LogP contribution in [0, 0.1) is 0 Å². The smallest absolute Gasteiger partial charge is 0.0730 e. The van der Waals surface area contributed by atoms with Crippen molar-refractivity contribution in [2.24, 2.45) is 0 Å². The van der Waals surface area contributed by atoms with Crippen molar-refractivity contribution in [2.75, 3.05) is 20.2 Å². The van der Waals surface area contributed by atoms with E-state index < -0.39 is 0 Å². The van der Waals surface area contributed by atoms with Crippen molar-refractivity contribution >= 4 is 0 Å². The maximum Gasteiger partial charge on any atom is 0.0730 e. The first-order chi connectivity index (χ1) is 8.79. The Labute approximate surface area is 114 Å². The van der Waals surface area contributed by atoms with Gasteiger partial charge in [0.05, 0.1) is 12.7 Å². The quantitative estimate of drug-likeness (QED) is 0.681. The van der Waals surface area contributed by atoms with Crippen molar-refractivity contribution in [2.45, 2.75) is 83.8 Å². The molecular weight excluding hydrogens is 222 g/mol. The lowest BCUT2D eigenvalue weighted by molar-refractivity contribution is -0.0453. The Kier molecular flexibility index (Phi) is 8.70. The fourth-order valence-electron chi connectivity index (χ4n) is 2.97. The van der Waals surface area contributed by atoms with Gasteiger partial charge in [-0.05, 0) is 26.3 Å². The highest BCUT2D eigenvalue weighted by molar-refractivity contribution is 4.87. The second-order valence-electron chi connectivity index (χ2n) is 5.80. The monoisotopic (exact) mass is 255 g/mol. The van der Waals surface area contributed by atoms with Crippen LogP contribution in [0.2, 0.25) is 0 Å². The molecule has 1 saturated carbocycles. The van der Waals surface area contributed by atoms with Crippen molar-refractivity contribution in [3.8, 4) is 0 Å². The van der Waals surface area contributed by atoms with Gasteiger partial charge in [-0.25, -0.2) is 0 Å². The van der Waals surface area contributed by atoms with E-state index in [0.29, 0.717) is 6.10 Å². The minimum absolute atomic E-state index is 0.568. The Hall–Kier alpha value is -0.0800. The normalized spacial score (nSPS) is 27.5. The molecule has 2 fully saturated rings. The Bertz CT molecular complexity index is 190. The maximum absolute atomic E-state index is 5.63.